The summed E-state index contributed by atoms with van der Waals surface area (Å²) in [5, 5.41) is 11.3. The van der Waals surface area contributed by atoms with E-state index in [-0.39, 0.29) is 25.0 Å². The van der Waals surface area contributed by atoms with Crippen LogP contribution in [0.4, 0.5) is 0 Å². The zero-order chi connectivity index (χ0) is 17.6. The first-order valence-electron chi connectivity index (χ1n) is 7.72. The molecule has 1 unspecified atom stereocenters. The molecule has 7 heteroatoms. The third-order valence-corrected chi connectivity index (χ3v) is 4.18. The minimum Gasteiger partial charge on any atom is -0.478 e. The second-order valence-electron chi connectivity index (χ2n) is 5.55. The van der Waals surface area contributed by atoms with Crippen LogP contribution in [-0.4, -0.2) is 56.2 Å². The van der Waals surface area contributed by atoms with Gasteiger partial charge < -0.3 is 19.7 Å². The Morgan fingerprint density at radius 3 is 2.83 bits per heavy atom. The molecule has 1 aliphatic heterocycles. The number of hydrogen-bond acceptors (Lipinski definition) is 5. The summed E-state index contributed by atoms with van der Waals surface area (Å²) in [7, 11) is 3.06. The second kappa shape index (κ2) is 7.79. The number of nitrogens with zero attached hydrogens (tertiary/aromatic N) is 2. The van der Waals surface area contributed by atoms with Crippen LogP contribution in [0.1, 0.15) is 23.2 Å². The van der Waals surface area contributed by atoms with Crippen LogP contribution >= 0.6 is 0 Å². The zero-order valence-corrected chi connectivity index (χ0v) is 13.9. The molecule has 0 aromatic heterocycles. The molecule has 128 valence electrons. The average molecular weight is 331 g/mol. The number of hydrogen-bond donors (Lipinski definition) is 1. The first-order chi connectivity index (χ1) is 11.6. The number of ether oxygens (including phenoxy) is 2. The van der Waals surface area contributed by atoms with Crippen molar-refractivity contribution in [2.24, 2.45) is 0 Å². The molecule has 2 rings (SSSR count). The summed E-state index contributed by atoms with van der Waals surface area (Å²) in [6.07, 6.45) is 1.25. The van der Waals surface area contributed by atoms with Crippen LogP contribution in [-0.2, 0) is 9.53 Å². The van der Waals surface area contributed by atoms with E-state index in [9.17, 15) is 9.59 Å². The van der Waals surface area contributed by atoms with Gasteiger partial charge in [0.05, 0.1) is 12.2 Å². The number of carbonyl (C=O) groups excluding carboxylic acids is 2. The number of methoxy groups -OCH3 is 1. The van der Waals surface area contributed by atoms with Gasteiger partial charge in [0.15, 0.2) is 6.61 Å². The van der Waals surface area contributed by atoms with Gasteiger partial charge in [-0.1, -0.05) is 12.1 Å². The highest BCUT2D eigenvalue weighted by Gasteiger charge is 2.49. The Balaban J connectivity index is 2.37. The molecule has 7 nitrogen and oxygen atoms in total. The molecule has 1 aromatic carbocycles. The molecule has 1 heterocycles. The van der Waals surface area contributed by atoms with Crippen molar-refractivity contribution in [3.05, 3.63) is 29.8 Å². The lowest BCUT2D eigenvalue weighted by atomic mass is 9.95. The van der Waals surface area contributed by atoms with Crippen LogP contribution in [0.2, 0.25) is 0 Å². The van der Waals surface area contributed by atoms with Gasteiger partial charge in [-0.05, 0) is 25.0 Å². The highest BCUT2D eigenvalue weighted by molar-refractivity contribution is 6.01. The number of rotatable bonds is 6. The lowest BCUT2D eigenvalue weighted by molar-refractivity contribution is -0.133. The van der Waals surface area contributed by atoms with Crippen molar-refractivity contribution in [1.29, 1.82) is 5.26 Å². The van der Waals surface area contributed by atoms with Gasteiger partial charge in [-0.3, -0.25) is 9.59 Å². The lowest BCUT2D eigenvalue weighted by Crippen LogP contribution is -2.59. The lowest BCUT2D eigenvalue weighted by Gasteiger charge is -2.36. The van der Waals surface area contributed by atoms with E-state index in [1.54, 1.807) is 36.2 Å². The number of nitriles is 1. The summed E-state index contributed by atoms with van der Waals surface area (Å²) in [6, 6.07) is 8.61. The number of amides is 2. The molecule has 1 aliphatic rings. The Morgan fingerprint density at radius 1 is 1.42 bits per heavy atom. The van der Waals surface area contributed by atoms with E-state index >= 15 is 0 Å². The maximum Gasteiger partial charge on any atom is 0.258 e. The van der Waals surface area contributed by atoms with Crippen molar-refractivity contribution in [3.8, 4) is 11.8 Å². The van der Waals surface area contributed by atoms with Crippen molar-refractivity contribution in [3.63, 3.8) is 0 Å². The highest BCUT2D eigenvalue weighted by atomic mass is 16.5. The summed E-state index contributed by atoms with van der Waals surface area (Å²) in [5.74, 6) is -0.216. The topological polar surface area (TPSA) is 91.7 Å². The molecule has 0 spiro atoms. The second-order valence-corrected chi connectivity index (χ2v) is 5.55. The number of para-hydroxylation sites is 1. The predicted octanol–water partition coefficient (Wildman–Crippen LogP) is 0.956. The van der Waals surface area contributed by atoms with Crippen LogP contribution in [0.15, 0.2) is 24.3 Å². The molecule has 0 aliphatic carbocycles. The van der Waals surface area contributed by atoms with E-state index in [1.807, 2.05) is 6.07 Å². The molecule has 0 bridgehead atoms. The number of benzene rings is 1. The molecule has 1 atom stereocenters. The van der Waals surface area contributed by atoms with E-state index in [2.05, 4.69) is 5.32 Å². The Labute approximate surface area is 141 Å². The number of likely N-dealkylation sites (tertiary alicyclic amines) is 1. The van der Waals surface area contributed by atoms with Crippen LogP contribution in [0.3, 0.4) is 0 Å². The quantitative estimate of drug-likeness (QED) is 0.838. The highest BCUT2D eigenvalue weighted by Crippen LogP contribution is 2.33. The first-order valence-corrected chi connectivity index (χ1v) is 7.72. The van der Waals surface area contributed by atoms with E-state index in [0.717, 1.165) is 0 Å². The molecule has 0 saturated carbocycles. The monoisotopic (exact) mass is 331 g/mol. The molecule has 2 amide bonds. The van der Waals surface area contributed by atoms with Gasteiger partial charge in [0.1, 0.15) is 17.4 Å². The Bertz CT molecular complexity index is 655. The Hall–Kier alpha value is -2.59. The smallest absolute Gasteiger partial charge is 0.258 e. The third-order valence-electron chi connectivity index (χ3n) is 4.18. The predicted molar refractivity (Wildman–Crippen MR) is 86.5 cm³/mol. The Kier molecular flexibility index (Phi) is 5.77. The fourth-order valence-electron chi connectivity index (χ4n) is 3.12. The number of likely N-dealkylation sites (N-methyl/N-ethyl adjacent to an activating group) is 1. The van der Waals surface area contributed by atoms with Gasteiger partial charge in [0.25, 0.3) is 5.91 Å². The SMILES string of the molecule is CNC(=O)C1(COC)CCCN1C(=O)c1ccccc1OCC#N. The summed E-state index contributed by atoms with van der Waals surface area (Å²) in [4.78, 5) is 27.1. The van der Waals surface area contributed by atoms with Crippen molar-refractivity contribution in [1.82, 2.24) is 10.2 Å². The van der Waals surface area contributed by atoms with Gasteiger partial charge in [-0.15, -0.1) is 0 Å². The minimum atomic E-state index is -1.02. The number of carbonyl (C=O) groups is 2. The normalized spacial score (nSPS) is 19.6. The third kappa shape index (κ3) is 3.19. The van der Waals surface area contributed by atoms with Crippen molar-refractivity contribution in [2.75, 3.05) is 33.9 Å². The van der Waals surface area contributed by atoms with Gasteiger partial charge >= 0.3 is 0 Å². The van der Waals surface area contributed by atoms with Crippen molar-refractivity contribution < 1.29 is 19.1 Å². The summed E-state index contributed by atoms with van der Waals surface area (Å²) in [6.45, 7) is 0.435. The molecule has 1 saturated heterocycles. The van der Waals surface area contributed by atoms with Gasteiger partial charge in [0.2, 0.25) is 5.91 Å². The molecule has 1 fully saturated rings. The van der Waals surface area contributed by atoms with E-state index in [4.69, 9.17) is 14.7 Å². The molecular weight excluding hydrogens is 310 g/mol. The fraction of sp³-hybridized carbons (Fsp3) is 0.471. The van der Waals surface area contributed by atoms with Crippen molar-refractivity contribution in [2.45, 2.75) is 18.4 Å². The molecule has 1 N–H and O–H groups in total. The first kappa shape index (κ1) is 17.8. The van der Waals surface area contributed by atoms with Crippen LogP contribution in [0, 0.1) is 11.3 Å². The molecule has 0 radical (unpaired) electrons. The molecule has 1 aromatic rings. The maximum atomic E-state index is 13.1. The largest absolute Gasteiger partial charge is 0.478 e. The van der Waals surface area contributed by atoms with Gasteiger partial charge in [-0.2, -0.15) is 5.26 Å². The Morgan fingerprint density at radius 2 is 2.17 bits per heavy atom. The minimum absolute atomic E-state index is 0.125. The summed E-state index contributed by atoms with van der Waals surface area (Å²) in [5.41, 5.74) is -0.692. The fourth-order valence-corrected chi connectivity index (χ4v) is 3.12. The maximum absolute atomic E-state index is 13.1. The van der Waals surface area contributed by atoms with E-state index in [0.29, 0.717) is 30.7 Å². The zero-order valence-electron chi connectivity index (χ0n) is 13.9. The number of nitrogens with one attached hydrogen (secondary N) is 1. The van der Waals surface area contributed by atoms with E-state index in [1.165, 1.54) is 7.11 Å². The summed E-state index contributed by atoms with van der Waals surface area (Å²) < 4.78 is 10.6. The van der Waals surface area contributed by atoms with Crippen LogP contribution < -0.4 is 10.1 Å². The average Bonchev–Trinajstić information content (AvgIpc) is 3.04. The van der Waals surface area contributed by atoms with Crippen molar-refractivity contribution >= 4 is 11.8 Å². The summed E-state index contributed by atoms with van der Waals surface area (Å²) >= 11 is 0. The molecular formula is C17H21N3O4. The molecule has 24 heavy (non-hydrogen) atoms. The van der Waals surface area contributed by atoms with Gasteiger partial charge in [0, 0.05) is 20.7 Å². The van der Waals surface area contributed by atoms with Crippen LogP contribution in [0.25, 0.3) is 0 Å². The van der Waals surface area contributed by atoms with Gasteiger partial charge in [-0.25, -0.2) is 0 Å². The standard InChI is InChI=1S/C17H21N3O4/c1-19-16(22)17(12-23-2)8-5-10-20(17)15(21)13-6-3-4-7-14(13)24-11-9-18/h3-4,6-7H,5,8,10-12H2,1-2H3,(H,19,22). The van der Waals surface area contributed by atoms with E-state index < -0.39 is 5.54 Å². The van der Waals surface area contributed by atoms with Crippen LogP contribution in [0.5, 0.6) is 5.75 Å².